The number of rotatable bonds is 5. The average molecular weight is 208 g/mol. The standard InChI is InChI=1S/C10H16N4O/c1-7(14-6-2-5-12-14)9(10(11)15)13-8-3-4-8/h2,5-9,13H,3-4H2,1H3,(H2,11,15). The molecule has 1 aromatic rings. The van der Waals surface area contributed by atoms with Gasteiger partial charge in [-0.3, -0.25) is 9.48 Å². The lowest BCUT2D eigenvalue weighted by molar-refractivity contribution is -0.121. The van der Waals surface area contributed by atoms with Gasteiger partial charge in [-0.15, -0.1) is 0 Å². The molecule has 5 nitrogen and oxygen atoms in total. The summed E-state index contributed by atoms with van der Waals surface area (Å²) in [6.07, 6.45) is 5.81. The van der Waals surface area contributed by atoms with E-state index in [0.717, 1.165) is 12.8 Å². The molecule has 2 unspecified atom stereocenters. The lowest BCUT2D eigenvalue weighted by Gasteiger charge is -2.22. The Morgan fingerprint density at radius 3 is 2.87 bits per heavy atom. The number of hydrogen-bond donors (Lipinski definition) is 2. The third kappa shape index (κ3) is 2.36. The van der Waals surface area contributed by atoms with Gasteiger partial charge in [0, 0.05) is 18.4 Å². The zero-order chi connectivity index (χ0) is 10.8. The third-order valence-corrected chi connectivity index (χ3v) is 2.72. The van der Waals surface area contributed by atoms with Gasteiger partial charge in [0.15, 0.2) is 0 Å². The Morgan fingerprint density at radius 1 is 1.67 bits per heavy atom. The molecule has 2 rings (SSSR count). The first-order valence-corrected chi connectivity index (χ1v) is 5.23. The van der Waals surface area contributed by atoms with Crippen molar-refractivity contribution in [3.05, 3.63) is 18.5 Å². The predicted molar refractivity (Wildman–Crippen MR) is 56.1 cm³/mol. The summed E-state index contributed by atoms with van der Waals surface area (Å²) in [5.74, 6) is -0.315. The Balaban J connectivity index is 2.05. The number of nitrogens with one attached hydrogen (secondary N) is 1. The second kappa shape index (κ2) is 4.02. The highest BCUT2D eigenvalue weighted by atomic mass is 16.1. The number of carbonyl (C=O) groups is 1. The molecule has 1 aliphatic rings. The molecule has 0 aliphatic heterocycles. The van der Waals surface area contributed by atoms with Crippen LogP contribution < -0.4 is 11.1 Å². The van der Waals surface area contributed by atoms with Gasteiger partial charge in [0.25, 0.3) is 0 Å². The first-order valence-electron chi connectivity index (χ1n) is 5.23. The van der Waals surface area contributed by atoms with Crippen LogP contribution in [0.2, 0.25) is 0 Å². The monoisotopic (exact) mass is 208 g/mol. The van der Waals surface area contributed by atoms with Gasteiger partial charge in [-0.1, -0.05) is 0 Å². The summed E-state index contributed by atoms with van der Waals surface area (Å²) >= 11 is 0. The zero-order valence-corrected chi connectivity index (χ0v) is 8.76. The summed E-state index contributed by atoms with van der Waals surface area (Å²) in [5.41, 5.74) is 5.38. The third-order valence-electron chi connectivity index (χ3n) is 2.72. The van der Waals surface area contributed by atoms with E-state index < -0.39 is 0 Å². The van der Waals surface area contributed by atoms with E-state index in [9.17, 15) is 4.79 Å². The SMILES string of the molecule is CC(C(NC1CC1)C(N)=O)n1cccn1. The molecular weight excluding hydrogens is 192 g/mol. The minimum Gasteiger partial charge on any atom is -0.368 e. The van der Waals surface area contributed by atoms with E-state index in [-0.39, 0.29) is 18.0 Å². The van der Waals surface area contributed by atoms with E-state index in [1.54, 1.807) is 10.9 Å². The summed E-state index contributed by atoms with van der Waals surface area (Å²) in [7, 11) is 0. The Kier molecular flexibility index (Phi) is 2.73. The van der Waals surface area contributed by atoms with Crippen LogP contribution in [-0.2, 0) is 4.79 Å². The molecule has 1 saturated carbocycles. The van der Waals surface area contributed by atoms with Crippen molar-refractivity contribution in [3.63, 3.8) is 0 Å². The van der Waals surface area contributed by atoms with Crippen molar-refractivity contribution in [2.24, 2.45) is 5.73 Å². The van der Waals surface area contributed by atoms with Gasteiger partial charge >= 0.3 is 0 Å². The van der Waals surface area contributed by atoms with Crippen molar-refractivity contribution >= 4 is 5.91 Å². The molecular formula is C10H16N4O. The average Bonchev–Trinajstić information content (AvgIpc) is 2.84. The molecule has 1 amide bonds. The molecule has 0 spiro atoms. The molecule has 15 heavy (non-hydrogen) atoms. The lowest BCUT2D eigenvalue weighted by atomic mass is 10.1. The minimum atomic E-state index is -0.336. The van der Waals surface area contributed by atoms with E-state index >= 15 is 0 Å². The quantitative estimate of drug-likeness (QED) is 0.718. The molecule has 0 aromatic carbocycles. The number of aromatic nitrogens is 2. The second-order valence-corrected chi connectivity index (χ2v) is 4.05. The molecule has 0 bridgehead atoms. The first kappa shape index (κ1) is 10.2. The molecule has 3 N–H and O–H groups in total. The van der Waals surface area contributed by atoms with Gasteiger partial charge < -0.3 is 11.1 Å². The summed E-state index contributed by atoms with van der Waals surface area (Å²) in [5, 5.41) is 7.36. The maximum atomic E-state index is 11.3. The summed E-state index contributed by atoms with van der Waals surface area (Å²) < 4.78 is 1.75. The maximum Gasteiger partial charge on any atom is 0.236 e. The summed E-state index contributed by atoms with van der Waals surface area (Å²) in [6, 6.07) is 1.92. The van der Waals surface area contributed by atoms with Crippen LogP contribution in [0.1, 0.15) is 25.8 Å². The number of amides is 1. The highest BCUT2D eigenvalue weighted by molar-refractivity contribution is 5.80. The van der Waals surface area contributed by atoms with Crippen LogP contribution in [0.4, 0.5) is 0 Å². The van der Waals surface area contributed by atoms with Crippen molar-refractivity contribution in [1.29, 1.82) is 0 Å². The van der Waals surface area contributed by atoms with Crippen LogP contribution >= 0.6 is 0 Å². The predicted octanol–water partition coefficient (Wildman–Crippen LogP) is 0.0500. The fourth-order valence-electron chi connectivity index (χ4n) is 1.64. The molecule has 0 radical (unpaired) electrons. The maximum absolute atomic E-state index is 11.3. The van der Waals surface area contributed by atoms with Gasteiger partial charge in [0.2, 0.25) is 5.91 Å². The summed E-state index contributed by atoms with van der Waals surface area (Å²) in [6.45, 7) is 1.94. The van der Waals surface area contributed by atoms with E-state index in [1.807, 2.05) is 19.2 Å². The Bertz CT molecular complexity index is 331. The fourth-order valence-corrected chi connectivity index (χ4v) is 1.64. The number of primary amides is 1. The van der Waals surface area contributed by atoms with Crippen LogP contribution in [-0.4, -0.2) is 27.8 Å². The van der Waals surface area contributed by atoms with E-state index in [4.69, 9.17) is 5.73 Å². The molecule has 1 fully saturated rings. The number of nitrogens with zero attached hydrogens (tertiary/aromatic N) is 2. The number of nitrogens with two attached hydrogens (primary N) is 1. The second-order valence-electron chi connectivity index (χ2n) is 4.05. The van der Waals surface area contributed by atoms with Gasteiger partial charge in [-0.05, 0) is 25.8 Å². The van der Waals surface area contributed by atoms with Crippen LogP contribution in [0.25, 0.3) is 0 Å². The van der Waals surface area contributed by atoms with Crippen molar-refractivity contribution in [1.82, 2.24) is 15.1 Å². The van der Waals surface area contributed by atoms with E-state index in [0.29, 0.717) is 6.04 Å². The minimum absolute atomic E-state index is 0.0434. The molecule has 1 aromatic heterocycles. The van der Waals surface area contributed by atoms with Gasteiger partial charge in [0.05, 0.1) is 6.04 Å². The number of hydrogen-bond acceptors (Lipinski definition) is 3. The van der Waals surface area contributed by atoms with Gasteiger partial charge in [0.1, 0.15) is 6.04 Å². The first-order chi connectivity index (χ1) is 7.18. The highest BCUT2D eigenvalue weighted by Gasteiger charge is 2.31. The molecule has 1 aliphatic carbocycles. The van der Waals surface area contributed by atoms with Crippen molar-refractivity contribution < 1.29 is 4.79 Å². The topological polar surface area (TPSA) is 72.9 Å². The zero-order valence-electron chi connectivity index (χ0n) is 8.76. The van der Waals surface area contributed by atoms with Crippen LogP contribution in [0, 0.1) is 0 Å². The Hall–Kier alpha value is -1.36. The fraction of sp³-hybridized carbons (Fsp3) is 0.600. The highest BCUT2D eigenvalue weighted by Crippen LogP contribution is 2.22. The Morgan fingerprint density at radius 2 is 2.40 bits per heavy atom. The van der Waals surface area contributed by atoms with E-state index in [2.05, 4.69) is 10.4 Å². The van der Waals surface area contributed by atoms with Crippen LogP contribution in [0.3, 0.4) is 0 Å². The van der Waals surface area contributed by atoms with Crippen LogP contribution in [0.15, 0.2) is 18.5 Å². The molecule has 0 saturated heterocycles. The van der Waals surface area contributed by atoms with Gasteiger partial charge in [-0.25, -0.2) is 0 Å². The molecule has 5 heteroatoms. The van der Waals surface area contributed by atoms with Crippen molar-refractivity contribution in [2.75, 3.05) is 0 Å². The van der Waals surface area contributed by atoms with Gasteiger partial charge in [-0.2, -0.15) is 5.10 Å². The normalized spacial score (nSPS) is 19.8. The van der Waals surface area contributed by atoms with Crippen LogP contribution in [0.5, 0.6) is 0 Å². The summed E-state index contributed by atoms with van der Waals surface area (Å²) in [4.78, 5) is 11.3. The molecule has 1 heterocycles. The molecule has 2 atom stereocenters. The largest absolute Gasteiger partial charge is 0.368 e. The van der Waals surface area contributed by atoms with Crippen molar-refractivity contribution in [3.8, 4) is 0 Å². The smallest absolute Gasteiger partial charge is 0.236 e. The van der Waals surface area contributed by atoms with Crippen molar-refractivity contribution in [2.45, 2.75) is 37.9 Å². The molecule has 82 valence electrons. The number of carbonyl (C=O) groups excluding carboxylic acids is 1. The Labute approximate surface area is 88.6 Å². The lowest BCUT2D eigenvalue weighted by Crippen LogP contribution is -2.47. The van der Waals surface area contributed by atoms with E-state index in [1.165, 1.54) is 0 Å².